The Hall–Kier alpha value is -1.89. The summed E-state index contributed by atoms with van der Waals surface area (Å²) in [6.07, 6.45) is 2.50. The van der Waals surface area contributed by atoms with Gasteiger partial charge in [-0.3, -0.25) is 24.1 Å². The number of hydrogen-bond acceptors (Lipinski definition) is 4. The highest BCUT2D eigenvalue weighted by Crippen LogP contribution is 2.25. The summed E-state index contributed by atoms with van der Waals surface area (Å²) in [4.78, 5) is 31.5. The molecule has 0 spiro atoms. The molecule has 0 saturated carbocycles. The number of aromatic nitrogens is 2. The highest BCUT2D eigenvalue weighted by atomic mass is 16.2. The lowest BCUT2D eigenvalue weighted by atomic mass is 10.0. The largest absolute Gasteiger partial charge is 0.340 e. The summed E-state index contributed by atoms with van der Waals surface area (Å²) in [6.45, 7) is 9.84. The van der Waals surface area contributed by atoms with Gasteiger partial charge in [-0.25, -0.2) is 0 Å². The van der Waals surface area contributed by atoms with Crippen LogP contribution in [-0.4, -0.2) is 70.2 Å². The molecule has 2 amide bonds. The molecule has 0 aliphatic carbocycles. The quantitative estimate of drug-likeness (QED) is 0.814. The summed E-state index contributed by atoms with van der Waals surface area (Å²) >= 11 is 0. The number of piperidine rings is 1. The first-order chi connectivity index (χ1) is 12.4. The van der Waals surface area contributed by atoms with Crippen molar-refractivity contribution >= 4 is 17.6 Å². The van der Waals surface area contributed by atoms with E-state index >= 15 is 0 Å². The molecule has 2 fully saturated rings. The van der Waals surface area contributed by atoms with Crippen LogP contribution in [0.25, 0.3) is 0 Å². The van der Waals surface area contributed by atoms with E-state index in [-0.39, 0.29) is 17.9 Å². The van der Waals surface area contributed by atoms with E-state index in [0.717, 1.165) is 57.1 Å². The lowest BCUT2D eigenvalue weighted by Crippen LogP contribution is -2.58. The van der Waals surface area contributed by atoms with Gasteiger partial charge in [-0.05, 0) is 25.7 Å². The number of carbonyl (C=O) groups excluding carboxylic acids is 2. The van der Waals surface area contributed by atoms with Gasteiger partial charge in [0.15, 0.2) is 0 Å². The molecule has 0 radical (unpaired) electrons. The number of amides is 2. The van der Waals surface area contributed by atoms with E-state index in [4.69, 9.17) is 0 Å². The molecule has 0 bridgehead atoms. The lowest BCUT2D eigenvalue weighted by molar-refractivity contribution is -0.135. The number of piperazine rings is 1. The van der Waals surface area contributed by atoms with Crippen molar-refractivity contribution in [3.63, 3.8) is 0 Å². The zero-order chi connectivity index (χ0) is 18.8. The van der Waals surface area contributed by atoms with E-state index < -0.39 is 0 Å². The van der Waals surface area contributed by atoms with Gasteiger partial charge in [0.25, 0.3) is 0 Å². The minimum Gasteiger partial charge on any atom is -0.340 e. The summed E-state index contributed by atoms with van der Waals surface area (Å²) in [6, 6.07) is 1.89. The van der Waals surface area contributed by atoms with Gasteiger partial charge in [0, 0.05) is 52.3 Å². The number of anilines is 1. The number of aryl methyl sites for hydroxylation is 2. The first-order valence-electron chi connectivity index (χ1n) is 9.70. The number of carbonyl (C=O) groups is 2. The van der Waals surface area contributed by atoms with Crippen LogP contribution in [0.15, 0.2) is 6.07 Å². The van der Waals surface area contributed by atoms with E-state index in [2.05, 4.69) is 23.8 Å². The summed E-state index contributed by atoms with van der Waals surface area (Å²) < 4.78 is 1.79. The van der Waals surface area contributed by atoms with E-state index in [9.17, 15) is 9.59 Å². The Kier molecular flexibility index (Phi) is 5.65. The Balaban J connectivity index is 1.62. The highest BCUT2D eigenvalue weighted by Gasteiger charge is 2.36. The standard InChI is InChI=1S/C19H31N5O2/c1-14(2)12-18(25)23-10-8-22(9-11-23)16-6-5-7-24(19(16)26)17-13-15(3)20-21(17)4/h13-14,16H,5-12H2,1-4H3. The van der Waals surface area contributed by atoms with Crippen molar-refractivity contribution < 1.29 is 9.59 Å². The van der Waals surface area contributed by atoms with Crippen LogP contribution < -0.4 is 4.90 Å². The van der Waals surface area contributed by atoms with Crippen molar-refractivity contribution in [2.45, 2.75) is 46.1 Å². The predicted octanol–water partition coefficient (Wildman–Crippen LogP) is 1.41. The predicted molar refractivity (Wildman–Crippen MR) is 101 cm³/mol. The average molecular weight is 361 g/mol. The molecule has 2 aliphatic heterocycles. The van der Waals surface area contributed by atoms with Crippen LogP contribution in [0, 0.1) is 12.8 Å². The van der Waals surface area contributed by atoms with Gasteiger partial charge < -0.3 is 4.90 Å². The zero-order valence-corrected chi connectivity index (χ0v) is 16.4. The summed E-state index contributed by atoms with van der Waals surface area (Å²) in [5.41, 5.74) is 0.926. The van der Waals surface area contributed by atoms with Gasteiger partial charge in [0.05, 0.1) is 11.7 Å². The smallest absolute Gasteiger partial charge is 0.245 e. The molecule has 1 aromatic rings. The first-order valence-corrected chi connectivity index (χ1v) is 9.70. The Bertz CT molecular complexity index is 661. The van der Waals surface area contributed by atoms with Gasteiger partial charge in [-0.2, -0.15) is 5.10 Å². The van der Waals surface area contributed by atoms with Gasteiger partial charge >= 0.3 is 0 Å². The van der Waals surface area contributed by atoms with Crippen molar-refractivity contribution in [3.8, 4) is 0 Å². The molecule has 3 heterocycles. The molecular weight excluding hydrogens is 330 g/mol. The Labute approximate surface area is 155 Å². The molecular formula is C19H31N5O2. The zero-order valence-electron chi connectivity index (χ0n) is 16.4. The highest BCUT2D eigenvalue weighted by molar-refractivity contribution is 5.97. The van der Waals surface area contributed by atoms with E-state index in [1.807, 2.05) is 29.8 Å². The SMILES string of the molecule is Cc1cc(N2CCCC(N3CCN(C(=O)CC(C)C)CC3)C2=O)n(C)n1. The Morgan fingerprint density at radius 3 is 2.50 bits per heavy atom. The molecule has 144 valence electrons. The number of nitrogens with zero attached hydrogens (tertiary/aromatic N) is 5. The molecule has 1 aromatic heterocycles. The van der Waals surface area contributed by atoms with E-state index in [1.165, 1.54) is 0 Å². The van der Waals surface area contributed by atoms with Gasteiger partial charge in [-0.15, -0.1) is 0 Å². The van der Waals surface area contributed by atoms with Gasteiger partial charge in [-0.1, -0.05) is 13.8 Å². The minimum absolute atomic E-state index is 0.0821. The molecule has 0 aromatic carbocycles. The molecule has 0 N–H and O–H groups in total. The van der Waals surface area contributed by atoms with Crippen LogP contribution in [0.1, 0.15) is 38.8 Å². The maximum atomic E-state index is 13.1. The molecule has 1 unspecified atom stereocenters. The van der Waals surface area contributed by atoms with Gasteiger partial charge in [0.2, 0.25) is 11.8 Å². The second-order valence-electron chi connectivity index (χ2n) is 7.93. The second-order valence-corrected chi connectivity index (χ2v) is 7.93. The lowest BCUT2D eigenvalue weighted by Gasteiger charge is -2.42. The van der Waals surface area contributed by atoms with Crippen molar-refractivity contribution in [1.82, 2.24) is 19.6 Å². The van der Waals surface area contributed by atoms with Gasteiger partial charge in [0.1, 0.15) is 5.82 Å². The molecule has 2 saturated heterocycles. The van der Waals surface area contributed by atoms with Crippen molar-refractivity contribution in [1.29, 1.82) is 0 Å². The third-order valence-corrected chi connectivity index (χ3v) is 5.35. The Morgan fingerprint density at radius 2 is 1.92 bits per heavy atom. The van der Waals surface area contributed by atoms with E-state index in [1.54, 1.807) is 4.68 Å². The molecule has 7 heteroatoms. The summed E-state index contributed by atoms with van der Waals surface area (Å²) in [5, 5.41) is 4.38. The third-order valence-electron chi connectivity index (χ3n) is 5.35. The third kappa shape index (κ3) is 3.92. The van der Waals surface area contributed by atoms with Crippen molar-refractivity contribution in [2.24, 2.45) is 13.0 Å². The fourth-order valence-electron chi connectivity index (χ4n) is 4.03. The topological polar surface area (TPSA) is 61.7 Å². The second kappa shape index (κ2) is 7.78. The normalized spacial score (nSPS) is 22.3. The van der Waals surface area contributed by atoms with Crippen LogP contribution in [0.2, 0.25) is 0 Å². The van der Waals surface area contributed by atoms with Crippen molar-refractivity contribution in [3.05, 3.63) is 11.8 Å². The average Bonchev–Trinajstić information content (AvgIpc) is 2.93. The number of hydrogen-bond donors (Lipinski definition) is 0. The fourth-order valence-corrected chi connectivity index (χ4v) is 4.03. The summed E-state index contributed by atoms with van der Waals surface area (Å²) in [5.74, 6) is 1.67. The fraction of sp³-hybridized carbons (Fsp3) is 0.737. The van der Waals surface area contributed by atoms with Crippen LogP contribution in [-0.2, 0) is 16.6 Å². The van der Waals surface area contributed by atoms with Crippen molar-refractivity contribution in [2.75, 3.05) is 37.6 Å². The maximum absolute atomic E-state index is 13.1. The molecule has 3 rings (SSSR count). The molecule has 2 aliphatic rings. The molecule has 1 atom stereocenters. The van der Waals surface area contributed by atoms with Crippen LogP contribution in [0.4, 0.5) is 5.82 Å². The van der Waals surface area contributed by atoms with E-state index in [0.29, 0.717) is 12.3 Å². The monoisotopic (exact) mass is 361 g/mol. The van der Waals surface area contributed by atoms with Crippen LogP contribution >= 0.6 is 0 Å². The van der Waals surface area contributed by atoms with Crippen LogP contribution in [0.5, 0.6) is 0 Å². The molecule has 26 heavy (non-hydrogen) atoms. The Morgan fingerprint density at radius 1 is 1.23 bits per heavy atom. The van der Waals surface area contributed by atoms with Crippen LogP contribution in [0.3, 0.4) is 0 Å². The molecule has 7 nitrogen and oxygen atoms in total. The minimum atomic E-state index is -0.0821. The maximum Gasteiger partial charge on any atom is 0.245 e. The first kappa shape index (κ1) is 18.9. The number of rotatable bonds is 4. The summed E-state index contributed by atoms with van der Waals surface area (Å²) in [7, 11) is 1.89.